The maximum atomic E-state index is 11.9. The van der Waals surface area contributed by atoms with Gasteiger partial charge in [0.15, 0.2) is 17.8 Å². The molecule has 1 heterocycles. The lowest BCUT2D eigenvalue weighted by Gasteiger charge is -2.15. The summed E-state index contributed by atoms with van der Waals surface area (Å²) in [7, 11) is 4.22. The Labute approximate surface area is 118 Å². The summed E-state index contributed by atoms with van der Waals surface area (Å²) in [5.74, 6) is 0.717. The minimum absolute atomic E-state index is 0.0130. The number of halogens is 1. The summed E-state index contributed by atoms with van der Waals surface area (Å²) in [6, 6.07) is 1.41. The highest BCUT2D eigenvalue weighted by molar-refractivity contribution is 6.32. The van der Waals surface area contributed by atoms with E-state index in [0.29, 0.717) is 6.29 Å². The molecule has 0 aliphatic carbocycles. The third kappa shape index (κ3) is 1.98. The number of hydrogen-bond donors (Lipinski definition) is 0. The van der Waals surface area contributed by atoms with Gasteiger partial charge in [0.2, 0.25) is 11.0 Å². The number of carbonyl (C=O) groups excluding carboxylic acids is 1. The van der Waals surface area contributed by atoms with Gasteiger partial charge in [-0.15, -0.1) is 0 Å². The molecule has 0 saturated carbocycles. The second-order valence-electron chi connectivity index (χ2n) is 3.76. The summed E-state index contributed by atoms with van der Waals surface area (Å²) in [6.45, 7) is 0. The van der Waals surface area contributed by atoms with E-state index >= 15 is 0 Å². The highest BCUT2D eigenvalue weighted by atomic mass is 35.5. The van der Waals surface area contributed by atoms with Gasteiger partial charge in [-0.25, -0.2) is 4.79 Å². The zero-order valence-corrected chi connectivity index (χ0v) is 11.7. The van der Waals surface area contributed by atoms with Crippen LogP contribution in [0.4, 0.5) is 0 Å². The largest absolute Gasteiger partial charge is 0.493 e. The maximum Gasteiger partial charge on any atom is 0.345 e. The van der Waals surface area contributed by atoms with E-state index in [1.165, 1.54) is 27.4 Å². The third-order valence-corrected chi connectivity index (χ3v) is 3.11. The van der Waals surface area contributed by atoms with Gasteiger partial charge in [0.25, 0.3) is 0 Å². The average Bonchev–Trinajstić information content (AvgIpc) is 2.45. The van der Waals surface area contributed by atoms with Crippen molar-refractivity contribution in [2.75, 3.05) is 21.3 Å². The van der Waals surface area contributed by atoms with Crippen LogP contribution in [0.1, 0.15) is 10.4 Å². The van der Waals surface area contributed by atoms with Gasteiger partial charge in [-0.2, -0.15) is 0 Å². The zero-order chi connectivity index (χ0) is 14.9. The van der Waals surface area contributed by atoms with E-state index in [1.807, 2.05) is 0 Å². The fourth-order valence-electron chi connectivity index (χ4n) is 1.98. The fourth-order valence-corrected chi connectivity index (χ4v) is 2.19. The van der Waals surface area contributed by atoms with Crippen molar-refractivity contribution in [1.29, 1.82) is 0 Å². The summed E-state index contributed by atoms with van der Waals surface area (Å²) >= 11 is 5.78. The van der Waals surface area contributed by atoms with Gasteiger partial charge in [-0.3, -0.25) is 4.79 Å². The van der Waals surface area contributed by atoms with Crippen LogP contribution in [0.3, 0.4) is 0 Å². The molecule has 0 bridgehead atoms. The smallest absolute Gasteiger partial charge is 0.345 e. The number of benzene rings is 1. The van der Waals surface area contributed by atoms with Crippen molar-refractivity contribution >= 4 is 28.7 Å². The lowest BCUT2D eigenvalue weighted by Crippen LogP contribution is -2.06. The fraction of sp³-hybridized carbons (Fsp3) is 0.231. The van der Waals surface area contributed by atoms with Crippen LogP contribution in [0.15, 0.2) is 15.3 Å². The molecule has 106 valence electrons. The predicted octanol–water partition coefficient (Wildman–Crippen LogP) is 2.28. The third-order valence-electron chi connectivity index (χ3n) is 2.83. The van der Waals surface area contributed by atoms with Crippen molar-refractivity contribution < 1.29 is 23.4 Å². The number of rotatable bonds is 4. The molecule has 0 atom stereocenters. The summed E-state index contributed by atoms with van der Waals surface area (Å²) in [5, 5.41) is 0.0374. The molecular weight excluding hydrogens is 288 g/mol. The van der Waals surface area contributed by atoms with Crippen molar-refractivity contribution in [3.05, 3.63) is 27.3 Å². The van der Waals surface area contributed by atoms with Crippen LogP contribution < -0.4 is 19.8 Å². The van der Waals surface area contributed by atoms with Crippen LogP contribution in [0.25, 0.3) is 10.8 Å². The van der Waals surface area contributed by atoms with Gasteiger partial charge in [0.1, 0.15) is 0 Å². The summed E-state index contributed by atoms with van der Waals surface area (Å²) in [6.07, 6.45) is 0.488. The predicted molar refractivity (Wildman–Crippen MR) is 72.5 cm³/mol. The first-order valence-electron chi connectivity index (χ1n) is 5.49. The lowest BCUT2D eigenvalue weighted by atomic mass is 10.1. The molecule has 1 aromatic carbocycles. The summed E-state index contributed by atoms with van der Waals surface area (Å²) < 4.78 is 20.4. The van der Waals surface area contributed by atoms with E-state index in [-0.39, 0.29) is 38.8 Å². The molecule has 0 amide bonds. The van der Waals surface area contributed by atoms with E-state index < -0.39 is 5.63 Å². The van der Waals surface area contributed by atoms with Gasteiger partial charge in [-0.05, 0) is 17.7 Å². The van der Waals surface area contributed by atoms with Crippen LogP contribution in [0, 0.1) is 0 Å². The molecule has 0 radical (unpaired) electrons. The van der Waals surface area contributed by atoms with Crippen LogP contribution in [-0.4, -0.2) is 27.6 Å². The number of methoxy groups -OCH3 is 3. The van der Waals surface area contributed by atoms with Crippen LogP contribution in [-0.2, 0) is 0 Å². The first-order chi connectivity index (χ1) is 9.58. The van der Waals surface area contributed by atoms with Gasteiger partial charge in [-0.1, -0.05) is 0 Å². The zero-order valence-electron chi connectivity index (χ0n) is 11.0. The molecule has 0 aliphatic heterocycles. The maximum absolute atomic E-state index is 11.9. The van der Waals surface area contributed by atoms with Crippen molar-refractivity contribution in [3.63, 3.8) is 0 Å². The molecule has 0 spiro atoms. The molecule has 1 aromatic heterocycles. The first-order valence-corrected chi connectivity index (χ1v) is 5.87. The van der Waals surface area contributed by atoms with Crippen LogP contribution in [0.2, 0.25) is 5.22 Å². The Balaban J connectivity index is 3.11. The van der Waals surface area contributed by atoms with E-state index in [1.54, 1.807) is 0 Å². The highest BCUT2D eigenvalue weighted by Crippen LogP contribution is 2.44. The molecule has 20 heavy (non-hydrogen) atoms. The Morgan fingerprint density at radius 3 is 2.30 bits per heavy atom. The van der Waals surface area contributed by atoms with Crippen LogP contribution in [0.5, 0.6) is 17.2 Å². The Kier molecular flexibility index (Phi) is 3.85. The topological polar surface area (TPSA) is 75.0 Å². The molecule has 0 unspecified atom stereocenters. The normalized spacial score (nSPS) is 10.4. The van der Waals surface area contributed by atoms with E-state index in [9.17, 15) is 9.59 Å². The number of carbonyl (C=O) groups is 1. The Hall–Kier alpha value is -2.21. The Bertz CT molecular complexity index is 734. The monoisotopic (exact) mass is 298 g/mol. The van der Waals surface area contributed by atoms with Gasteiger partial charge in [0, 0.05) is 0 Å². The second-order valence-corrected chi connectivity index (χ2v) is 4.11. The molecule has 6 nitrogen and oxygen atoms in total. The lowest BCUT2D eigenvalue weighted by molar-refractivity contribution is 0.112. The molecule has 0 saturated heterocycles. The SMILES string of the molecule is COc1cc2c(=O)oc(Cl)c(C=O)c2c(OC)c1OC. The average molecular weight is 299 g/mol. The standard InChI is InChI=1S/C13H11ClO6/c1-17-8-4-6-9(11(19-3)10(8)18-2)7(5-15)12(14)20-13(6)16/h4-5H,1-3H3. The first kappa shape index (κ1) is 14.2. The molecular formula is C13H11ClO6. The van der Waals surface area contributed by atoms with Crippen LogP contribution >= 0.6 is 11.6 Å². The quantitative estimate of drug-likeness (QED) is 0.806. The van der Waals surface area contributed by atoms with Crippen molar-refractivity contribution in [2.24, 2.45) is 0 Å². The molecule has 2 rings (SSSR count). The number of fused-ring (bicyclic) bond motifs is 1. The minimum atomic E-state index is -0.699. The Morgan fingerprint density at radius 2 is 1.80 bits per heavy atom. The van der Waals surface area contributed by atoms with Crippen molar-refractivity contribution in [1.82, 2.24) is 0 Å². The molecule has 0 fully saturated rings. The van der Waals surface area contributed by atoms with Gasteiger partial charge >= 0.3 is 5.63 Å². The molecule has 7 heteroatoms. The highest BCUT2D eigenvalue weighted by Gasteiger charge is 2.23. The number of aldehydes is 1. The molecule has 0 N–H and O–H groups in total. The van der Waals surface area contributed by atoms with E-state index in [2.05, 4.69) is 0 Å². The Morgan fingerprint density at radius 1 is 1.15 bits per heavy atom. The molecule has 0 aliphatic rings. The number of ether oxygens (including phenoxy) is 3. The van der Waals surface area contributed by atoms with E-state index in [4.69, 9.17) is 30.2 Å². The number of hydrogen-bond acceptors (Lipinski definition) is 6. The second kappa shape index (κ2) is 5.42. The van der Waals surface area contributed by atoms with Crippen molar-refractivity contribution in [2.45, 2.75) is 0 Å². The summed E-state index contributed by atoms with van der Waals surface area (Å²) in [5.41, 5.74) is -0.686. The minimum Gasteiger partial charge on any atom is -0.493 e. The van der Waals surface area contributed by atoms with Crippen molar-refractivity contribution in [3.8, 4) is 17.2 Å². The van der Waals surface area contributed by atoms with Gasteiger partial charge < -0.3 is 18.6 Å². The summed E-state index contributed by atoms with van der Waals surface area (Å²) in [4.78, 5) is 23.1. The van der Waals surface area contributed by atoms with Gasteiger partial charge in [0.05, 0.1) is 37.7 Å². The molecule has 2 aromatic rings. The van der Waals surface area contributed by atoms with E-state index in [0.717, 1.165) is 0 Å².